The van der Waals surface area contributed by atoms with Crippen molar-refractivity contribution in [2.24, 2.45) is 0 Å². The standard InChI is InChI=1S/C27H30N4O4/c1-31(24-7-4-3-5-8-24)27(34)21-11-13-22(14-12-21)29-19-25(32)30-23-15-9-20(10-16-23)26(33)28-17-6-18-35-2/h3-5,7-16,29H,6,17-19H2,1-2H3,(H,28,33)(H,30,32). The van der Waals surface area contributed by atoms with Gasteiger partial charge < -0.3 is 25.6 Å². The van der Waals surface area contributed by atoms with E-state index in [2.05, 4.69) is 16.0 Å². The normalized spacial score (nSPS) is 10.3. The SMILES string of the molecule is COCCCNC(=O)c1ccc(NC(=O)CNc2ccc(C(=O)N(C)c3ccccc3)cc2)cc1. The number of carbonyl (C=O) groups is 3. The molecule has 0 radical (unpaired) electrons. The lowest BCUT2D eigenvalue weighted by Gasteiger charge is -2.17. The van der Waals surface area contributed by atoms with Gasteiger partial charge in [-0.05, 0) is 67.1 Å². The molecule has 3 rings (SSSR count). The Balaban J connectivity index is 1.45. The molecule has 35 heavy (non-hydrogen) atoms. The van der Waals surface area contributed by atoms with Crippen molar-refractivity contribution in [3.8, 4) is 0 Å². The summed E-state index contributed by atoms with van der Waals surface area (Å²) in [7, 11) is 3.35. The summed E-state index contributed by atoms with van der Waals surface area (Å²) >= 11 is 0. The zero-order valence-corrected chi connectivity index (χ0v) is 19.9. The molecule has 0 saturated heterocycles. The number of hydrogen-bond donors (Lipinski definition) is 3. The quantitative estimate of drug-likeness (QED) is 0.367. The first-order chi connectivity index (χ1) is 17.0. The summed E-state index contributed by atoms with van der Waals surface area (Å²) in [4.78, 5) is 38.7. The van der Waals surface area contributed by atoms with E-state index < -0.39 is 0 Å². The number of nitrogens with one attached hydrogen (secondary N) is 3. The minimum Gasteiger partial charge on any atom is -0.385 e. The van der Waals surface area contributed by atoms with E-state index >= 15 is 0 Å². The fraction of sp³-hybridized carbons (Fsp3) is 0.222. The van der Waals surface area contributed by atoms with E-state index in [-0.39, 0.29) is 24.3 Å². The van der Waals surface area contributed by atoms with Crippen molar-refractivity contribution in [2.75, 3.05) is 49.4 Å². The molecule has 3 aromatic carbocycles. The molecular weight excluding hydrogens is 444 g/mol. The Morgan fingerprint density at radius 2 is 1.46 bits per heavy atom. The maximum absolute atomic E-state index is 12.7. The van der Waals surface area contributed by atoms with E-state index in [9.17, 15) is 14.4 Å². The molecule has 3 aromatic rings. The molecule has 182 valence electrons. The molecule has 3 amide bonds. The van der Waals surface area contributed by atoms with Gasteiger partial charge in [-0.25, -0.2) is 0 Å². The number of rotatable bonds is 11. The Morgan fingerprint density at radius 3 is 2.11 bits per heavy atom. The zero-order chi connectivity index (χ0) is 25.0. The van der Waals surface area contributed by atoms with Gasteiger partial charge in [0.1, 0.15) is 0 Å². The number of ether oxygens (including phenoxy) is 1. The van der Waals surface area contributed by atoms with Crippen molar-refractivity contribution in [1.29, 1.82) is 0 Å². The van der Waals surface area contributed by atoms with E-state index in [4.69, 9.17) is 4.74 Å². The highest BCUT2D eigenvalue weighted by atomic mass is 16.5. The minimum absolute atomic E-state index is 0.0545. The van der Waals surface area contributed by atoms with Gasteiger partial charge in [0.05, 0.1) is 6.54 Å². The van der Waals surface area contributed by atoms with Crippen LogP contribution in [0.3, 0.4) is 0 Å². The van der Waals surface area contributed by atoms with Crippen LogP contribution >= 0.6 is 0 Å². The van der Waals surface area contributed by atoms with Gasteiger partial charge in [-0.3, -0.25) is 14.4 Å². The number of hydrogen-bond acceptors (Lipinski definition) is 5. The maximum Gasteiger partial charge on any atom is 0.258 e. The Hall–Kier alpha value is -4.17. The Morgan fingerprint density at radius 1 is 0.829 bits per heavy atom. The molecule has 0 atom stereocenters. The predicted octanol–water partition coefficient (Wildman–Crippen LogP) is 3.78. The van der Waals surface area contributed by atoms with Crippen molar-refractivity contribution in [1.82, 2.24) is 5.32 Å². The van der Waals surface area contributed by atoms with Crippen molar-refractivity contribution >= 4 is 34.8 Å². The van der Waals surface area contributed by atoms with Gasteiger partial charge >= 0.3 is 0 Å². The van der Waals surface area contributed by atoms with E-state index in [1.807, 2.05) is 30.3 Å². The van der Waals surface area contributed by atoms with Crippen molar-refractivity contribution in [2.45, 2.75) is 6.42 Å². The van der Waals surface area contributed by atoms with Gasteiger partial charge in [-0.2, -0.15) is 0 Å². The molecule has 0 fully saturated rings. The second kappa shape index (κ2) is 12.9. The number of carbonyl (C=O) groups excluding carboxylic acids is 3. The first kappa shape index (κ1) is 25.5. The number of nitrogens with zero attached hydrogens (tertiary/aromatic N) is 1. The third kappa shape index (κ3) is 7.68. The van der Waals surface area contributed by atoms with Crippen LogP contribution in [0.5, 0.6) is 0 Å². The van der Waals surface area contributed by atoms with Crippen molar-refractivity contribution in [3.63, 3.8) is 0 Å². The highest BCUT2D eigenvalue weighted by Crippen LogP contribution is 2.17. The number of para-hydroxylation sites is 1. The van der Waals surface area contributed by atoms with E-state index in [0.29, 0.717) is 30.0 Å². The molecule has 0 heterocycles. The van der Waals surface area contributed by atoms with Crippen LogP contribution in [0.2, 0.25) is 0 Å². The molecule has 0 bridgehead atoms. The van der Waals surface area contributed by atoms with Crippen LogP contribution in [0.25, 0.3) is 0 Å². The lowest BCUT2D eigenvalue weighted by atomic mass is 10.1. The van der Waals surface area contributed by atoms with Gasteiger partial charge in [-0.15, -0.1) is 0 Å². The molecule has 0 aliphatic heterocycles. The van der Waals surface area contributed by atoms with Gasteiger partial charge in [0.15, 0.2) is 0 Å². The Labute approximate surface area is 205 Å². The molecule has 0 aliphatic carbocycles. The highest BCUT2D eigenvalue weighted by molar-refractivity contribution is 6.06. The Bertz CT molecular complexity index is 1120. The van der Waals surface area contributed by atoms with Crippen LogP contribution in [0.4, 0.5) is 17.1 Å². The van der Waals surface area contributed by atoms with Gasteiger partial charge in [0.2, 0.25) is 5.91 Å². The van der Waals surface area contributed by atoms with Gasteiger partial charge in [-0.1, -0.05) is 18.2 Å². The highest BCUT2D eigenvalue weighted by Gasteiger charge is 2.13. The Kier molecular flexibility index (Phi) is 9.39. The van der Waals surface area contributed by atoms with E-state index in [0.717, 1.165) is 17.8 Å². The van der Waals surface area contributed by atoms with Crippen LogP contribution < -0.4 is 20.9 Å². The van der Waals surface area contributed by atoms with E-state index in [1.165, 1.54) is 0 Å². The first-order valence-corrected chi connectivity index (χ1v) is 11.3. The fourth-order valence-electron chi connectivity index (χ4n) is 3.31. The number of methoxy groups -OCH3 is 1. The summed E-state index contributed by atoms with van der Waals surface area (Å²) < 4.78 is 4.96. The smallest absolute Gasteiger partial charge is 0.258 e. The molecule has 0 saturated carbocycles. The lowest BCUT2D eigenvalue weighted by Crippen LogP contribution is -2.26. The summed E-state index contributed by atoms with van der Waals surface area (Å²) in [5, 5.41) is 8.65. The fourth-order valence-corrected chi connectivity index (χ4v) is 3.31. The molecule has 8 heteroatoms. The van der Waals surface area contributed by atoms with Crippen LogP contribution in [-0.2, 0) is 9.53 Å². The molecule has 3 N–H and O–H groups in total. The average molecular weight is 475 g/mol. The minimum atomic E-state index is -0.231. The topological polar surface area (TPSA) is 99.8 Å². The largest absolute Gasteiger partial charge is 0.385 e. The van der Waals surface area contributed by atoms with Crippen LogP contribution in [0.15, 0.2) is 78.9 Å². The summed E-state index contributed by atoms with van der Waals surface area (Å²) in [6, 6.07) is 23.1. The molecule has 0 aromatic heterocycles. The van der Waals surface area contributed by atoms with Gasteiger partial charge in [0.25, 0.3) is 11.8 Å². The number of amides is 3. The predicted molar refractivity (Wildman–Crippen MR) is 138 cm³/mol. The number of anilines is 3. The maximum atomic E-state index is 12.7. The second-order valence-electron chi connectivity index (χ2n) is 7.86. The molecular formula is C27H30N4O4. The third-order valence-corrected chi connectivity index (χ3v) is 5.27. The van der Waals surface area contributed by atoms with Crippen LogP contribution in [0, 0.1) is 0 Å². The molecule has 8 nitrogen and oxygen atoms in total. The van der Waals surface area contributed by atoms with Crippen molar-refractivity contribution < 1.29 is 19.1 Å². The van der Waals surface area contributed by atoms with Crippen molar-refractivity contribution in [3.05, 3.63) is 90.0 Å². The molecule has 0 spiro atoms. The third-order valence-electron chi connectivity index (χ3n) is 5.27. The molecule has 0 unspecified atom stereocenters. The second-order valence-corrected chi connectivity index (χ2v) is 7.86. The molecule has 0 aliphatic rings. The average Bonchev–Trinajstić information content (AvgIpc) is 2.90. The van der Waals surface area contributed by atoms with Crippen LogP contribution in [-0.4, -0.2) is 51.6 Å². The summed E-state index contributed by atoms with van der Waals surface area (Å²) in [6.45, 7) is 1.18. The monoisotopic (exact) mass is 474 g/mol. The summed E-state index contributed by atoms with van der Waals surface area (Å²) in [6.07, 6.45) is 0.743. The lowest BCUT2D eigenvalue weighted by molar-refractivity contribution is -0.114. The first-order valence-electron chi connectivity index (χ1n) is 11.3. The number of benzene rings is 3. The zero-order valence-electron chi connectivity index (χ0n) is 19.9. The van der Waals surface area contributed by atoms with Gasteiger partial charge in [0, 0.05) is 55.5 Å². The summed E-state index contributed by atoms with van der Waals surface area (Å²) in [5.74, 6) is -0.518. The van der Waals surface area contributed by atoms with Crippen LogP contribution in [0.1, 0.15) is 27.1 Å². The summed E-state index contributed by atoms with van der Waals surface area (Å²) in [5.41, 5.74) is 3.20. The van der Waals surface area contributed by atoms with E-state index in [1.54, 1.807) is 67.6 Å².